The predicted molar refractivity (Wildman–Crippen MR) is 56.0 cm³/mol. The summed E-state index contributed by atoms with van der Waals surface area (Å²) in [6.45, 7) is 3.84. The Morgan fingerprint density at radius 1 is 1.31 bits per heavy atom. The van der Waals surface area contributed by atoms with Crippen LogP contribution in [0.1, 0.15) is 46.0 Å². The molecule has 1 saturated carbocycles. The highest BCUT2D eigenvalue weighted by Crippen LogP contribution is 2.40. The van der Waals surface area contributed by atoms with Crippen LogP contribution in [0.2, 0.25) is 0 Å². The van der Waals surface area contributed by atoms with E-state index in [9.17, 15) is 18.0 Å². The molecule has 1 rings (SSSR count). The normalized spacial score (nSPS) is 27.1. The van der Waals surface area contributed by atoms with Crippen LogP contribution in [0.5, 0.6) is 0 Å². The lowest BCUT2D eigenvalue weighted by Crippen LogP contribution is -2.32. The van der Waals surface area contributed by atoms with Crippen molar-refractivity contribution in [3.8, 4) is 0 Å². The van der Waals surface area contributed by atoms with Crippen LogP contribution in [0.15, 0.2) is 0 Å². The average molecular weight is 236 g/mol. The van der Waals surface area contributed by atoms with Crippen molar-refractivity contribution in [1.29, 1.82) is 0 Å². The van der Waals surface area contributed by atoms with Crippen molar-refractivity contribution in [2.24, 2.45) is 17.8 Å². The minimum atomic E-state index is -4.13. The Morgan fingerprint density at radius 2 is 1.94 bits per heavy atom. The minimum Gasteiger partial charge on any atom is -0.299 e. The Kier molecular flexibility index (Phi) is 4.39. The van der Waals surface area contributed by atoms with E-state index in [0.717, 1.165) is 0 Å². The van der Waals surface area contributed by atoms with Crippen molar-refractivity contribution in [2.75, 3.05) is 0 Å². The Morgan fingerprint density at radius 3 is 2.44 bits per heavy atom. The molecule has 0 spiro atoms. The molecular formula is C12H19F3O. The van der Waals surface area contributed by atoms with E-state index in [4.69, 9.17) is 0 Å². The molecular weight excluding hydrogens is 217 g/mol. The van der Waals surface area contributed by atoms with Crippen LogP contribution in [-0.2, 0) is 4.79 Å². The molecule has 0 saturated heterocycles. The summed E-state index contributed by atoms with van der Waals surface area (Å²) in [5, 5.41) is 0. The summed E-state index contributed by atoms with van der Waals surface area (Å²) in [7, 11) is 0. The molecule has 94 valence electrons. The first-order valence-corrected chi connectivity index (χ1v) is 5.90. The van der Waals surface area contributed by atoms with Gasteiger partial charge in [0.2, 0.25) is 0 Å². The number of hydrogen-bond donors (Lipinski definition) is 0. The average Bonchev–Trinajstić information content (AvgIpc) is 2.15. The third kappa shape index (κ3) is 3.80. The van der Waals surface area contributed by atoms with Gasteiger partial charge in [0, 0.05) is 12.3 Å². The Labute approximate surface area is 94.4 Å². The smallest absolute Gasteiger partial charge is 0.299 e. The van der Waals surface area contributed by atoms with Crippen molar-refractivity contribution >= 4 is 5.78 Å². The van der Waals surface area contributed by atoms with Crippen molar-refractivity contribution in [3.05, 3.63) is 0 Å². The van der Waals surface area contributed by atoms with Gasteiger partial charge < -0.3 is 0 Å². The molecule has 0 bridgehead atoms. The van der Waals surface area contributed by atoms with Crippen LogP contribution in [0, 0.1) is 17.8 Å². The predicted octanol–water partition coefficient (Wildman–Crippen LogP) is 3.97. The van der Waals surface area contributed by atoms with Crippen LogP contribution >= 0.6 is 0 Å². The number of ketones is 1. The molecule has 1 nitrogen and oxygen atoms in total. The lowest BCUT2D eigenvalue weighted by molar-refractivity contribution is -0.186. The number of halogens is 3. The van der Waals surface area contributed by atoms with Gasteiger partial charge in [-0.2, -0.15) is 13.2 Å². The van der Waals surface area contributed by atoms with Gasteiger partial charge >= 0.3 is 6.18 Å². The molecule has 0 heterocycles. The zero-order chi connectivity index (χ0) is 12.3. The lowest BCUT2D eigenvalue weighted by Gasteiger charge is -2.30. The van der Waals surface area contributed by atoms with E-state index in [1.165, 1.54) is 0 Å². The molecule has 0 aromatic carbocycles. The lowest BCUT2D eigenvalue weighted by atomic mass is 9.77. The Hall–Kier alpha value is -0.540. The summed E-state index contributed by atoms with van der Waals surface area (Å²) < 4.78 is 37.6. The largest absolute Gasteiger partial charge is 0.391 e. The van der Waals surface area contributed by atoms with Gasteiger partial charge in [-0.1, -0.05) is 20.3 Å². The molecule has 4 heteroatoms. The minimum absolute atomic E-state index is 0.00898. The number of alkyl halides is 3. The van der Waals surface area contributed by atoms with Crippen molar-refractivity contribution < 1.29 is 18.0 Å². The number of hydrogen-bond acceptors (Lipinski definition) is 1. The molecule has 0 aromatic rings. The molecule has 1 aliphatic rings. The number of carbonyl (C=O) groups excluding carboxylic acids is 1. The SMILES string of the molecule is CC(C)CC(=O)C1CCCC(C(F)(F)F)C1. The van der Waals surface area contributed by atoms with Gasteiger partial charge in [0.05, 0.1) is 5.92 Å². The van der Waals surface area contributed by atoms with Crippen molar-refractivity contribution in [1.82, 2.24) is 0 Å². The first-order valence-electron chi connectivity index (χ1n) is 5.90. The summed E-state index contributed by atoms with van der Waals surface area (Å²) in [6, 6.07) is 0. The maximum atomic E-state index is 12.5. The molecule has 0 aliphatic heterocycles. The van der Waals surface area contributed by atoms with E-state index < -0.39 is 12.1 Å². The molecule has 2 atom stereocenters. The molecule has 0 N–H and O–H groups in total. The van der Waals surface area contributed by atoms with Gasteiger partial charge in [0.15, 0.2) is 0 Å². The van der Waals surface area contributed by atoms with E-state index in [-0.39, 0.29) is 30.5 Å². The highest BCUT2D eigenvalue weighted by atomic mass is 19.4. The van der Waals surface area contributed by atoms with Crippen LogP contribution in [0.4, 0.5) is 13.2 Å². The van der Waals surface area contributed by atoms with Crippen LogP contribution in [0.25, 0.3) is 0 Å². The number of Topliss-reactive ketones (excluding diaryl/α,β-unsaturated/α-hetero) is 1. The fourth-order valence-electron chi connectivity index (χ4n) is 2.35. The van der Waals surface area contributed by atoms with Gasteiger partial charge in [-0.25, -0.2) is 0 Å². The molecule has 0 radical (unpaired) electrons. The monoisotopic (exact) mass is 236 g/mol. The third-order valence-electron chi connectivity index (χ3n) is 3.20. The van der Waals surface area contributed by atoms with Gasteiger partial charge in [-0.3, -0.25) is 4.79 Å². The molecule has 1 fully saturated rings. The highest BCUT2D eigenvalue weighted by molar-refractivity contribution is 5.81. The van der Waals surface area contributed by atoms with Crippen molar-refractivity contribution in [2.45, 2.75) is 52.1 Å². The van der Waals surface area contributed by atoms with Gasteiger partial charge in [-0.05, 0) is 25.2 Å². The van der Waals surface area contributed by atoms with Crippen molar-refractivity contribution in [3.63, 3.8) is 0 Å². The summed E-state index contributed by atoms with van der Waals surface area (Å²) in [5.74, 6) is -1.37. The van der Waals surface area contributed by atoms with Gasteiger partial charge in [0.1, 0.15) is 5.78 Å². The Bertz CT molecular complexity index is 245. The summed E-state index contributed by atoms with van der Waals surface area (Å²) >= 11 is 0. The van der Waals surface area contributed by atoms with E-state index in [1.54, 1.807) is 0 Å². The second-order valence-electron chi connectivity index (χ2n) is 5.17. The summed E-state index contributed by atoms with van der Waals surface area (Å²) in [5.41, 5.74) is 0. The van der Waals surface area contributed by atoms with E-state index in [1.807, 2.05) is 13.8 Å². The molecule has 0 aromatic heterocycles. The first-order chi connectivity index (χ1) is 7.30. The topological polar surface area (TPSA) is 17.1 Å². The van der Waals surface area contributed by atoms with Gasteiger partial charge in [-0.15, -0.1) is 0 Å². The second kappa shape index (κ2) is 5.19. The fraction of sp³-hybridized carbons (Fsp3) is 0.917. The highest BCUT2D eigenvalue weighted by Gasteiger charge is 2.43. The zero-order valence-electron chi connectivity index (χ0n) is 9.81. The zero-order valence-corrected chi connectivity index (χ0v) is 9.81. The molecule has 2 unspecified atom stereocenters. The standard InChI is InChI=1S/C12H19F3O/c1-8(2)6-11(16)9-4-3-5-10(7-9)12(13,14)15/h8-10H,3-7H2,1-2H3. The Balaban J connectivity index is 2.54. The van der Waals surface area contributed by atoms with E-state index in [2.05, 4.69) is 0 Å². The van der Waals surface area contributed by atoms with Crippen LogP contribution in [0.3, 0.4) is 0 Å². The quantitative estimate of drug-likeness (QED) is 0.724. The summed E-state index contributed by atoms with van der Waals surface area (Å²) in [4.78, 5) is 11.7. The molecule has 16 heavy (non-hydrogen) atoms. The number of carbonyl (C=O) groups is 1. The molecule has 0 amide bonds. The summed E-state index contributed by atoms with van der Waals surface area (Å²) in [6.07, 6.45) is -2.35. The van der Waals surface area contributed by atoms with Crippen LogP contribution in [-0.4, -0.2) is 12.0 Å². The van der Waals surface area contributed by atoms with E-state index in [0.29, 0.717) is 19.3 Å². The molecule has 1 aliphatic carbocycles. The number of rotatable bonds is 3. The fourth-order valence-corrected chi connectivity index (χ4v) is 2.35. The first kappa shape index (κ1) is 13.5. The van der Waals surface area contributed by atoms with Gasteiger partial charge in [0.25, 0.3) is 0 Å². The van der Waals surface area contributed by atoms with Crippen LogP contribution < -0.4 is 0 Å². The maximum absolute atomic E-state index is 12.5. The second-order valence-corrected chi connectivity index (χ2v) is 5.17. The maximum Gasteiger partial charge on any atom is 0.391 e. The third-order valence-corrected chi connectivity index (χ3v) is 3.20. The van der Waals surface area contributed by atoms with E-state index >= 15 is 0 Å².